The molecule has 0 aromatic heterocycles. The highest BCUT2D eigenvalue weighted by Gasteiger charge is 2.24. The first-order chi connectivity index (χ1) is 12.6. The lowest BCUT2D eigenvalue weighted by molar-refractivity contribution is 0.0696. The molecule has 0 spiro atoms. The van der Waals surface area contributed by atoms with Crippen LogP contribution in [-0.2, 0) is 13.0 Å². The van der Waals surface area contributed by atoms with E-state index in [-0.39, 0.29) is 11.5 Å². The number of carbonyl (C=O) groups excluding carboxylic acids is 1. The van der Waals surface area contributed by atoms with Gasteiger partial charge < -0.3 is 19.5 Å². The summed E-state index contributed by atoms with van der Waals surface area (Å²) in [7, 11) is 0. The predicted molar refractivity (Wildman–Crippen MR) is 93.9 cm³/mol. The minimum absolute atomic E-state index is 0.0907. The molecular formula is C20H19NO5. The van der Waals surface area contributed by atoms with Gasteiger partial charge in [0.15, 0.2) is 11.5 Å². The number of nitrogens with zero attached hydrogens (tertiary/aromatic N) is 1. The molecule has 1 amide bonds. The molecule has 0 bridgehead atoms. The Morgan fingerprint density at radius 2 is 1.69 bits per heavy atom. The van der Waals surface area contributed by atoms with Crippen LogP contribution in [0.1, 0.15) is 38.3 Å². The van der Waals surface area contributed by atoms with E-state index in [0.29, 0.717) is 49.8 Å². The standard InChI is InChI=1S/C20H19NO5/c22-19(14-4-5-17-18(11-14)26-9-1-8-25-17)21-7-6-13-2-3-15(20(23)24)10-16(13)12-21/h2-5,10-11H,1,6-9,12H2,(H,23,24). The van der Waals surface area contributed by atoms with E-state index in [4.69, 9.17) is 14.6 Å². The highest BCUT2D eigenvalue weighted by Crippen LogP contribution is 2.31. The molecule has 134 valence electrons. The van der Waals surface area contributed by atoms with Gasteiger partial charge in [0.05, 0.1) is 18.8 Å². The molecule has 0 radical (unpaired) electrons. The van der Waals surface area contributed by atoms with Gasteiger partial charge in [-0.25, -0.2) is 4.79 Å². The summed E-state index contributed by atoms with van der Waals surface area (Å²) < 4.78 is 11.3. The second-order valence-corrected chi connectivity index (χ2v) is 6.48. The number of hydrogen-bond donors (Lipinski definition) is 1. The van der Waals surface area contributed by atoms with Crippen molar-refractivity contribution < 1.29 is 24.2 Å². The third kappa shape index (κ3) is 3.10. The molecule has 0 unspecified atom stereocenters. The van der Waals surface area contributed by atoms with Crippen LogP contribution in [0.3, 0.4) is 0 Å². The number of hydrogen-bond acceptors (Lipinski definition) is 4. The molecule has 0 saturated carbocycles. The number of rotatable bonds is 2. The molecule has 1 N–H and O–H groups in total. The van der Waals surface area contributed by atoms with Crippen molar-refractivity contribution in [2.24, 2.45) is 0 Å². The Morgan fingerprint density at radius 1 is 0.923 bits per heavy atom. The Balaban J connectivity index is 1.57. The summed E-state index contributed by atoms with van der Waals surface area (Å²) in [4.78, 5) is 25.8. The highest BCUT2D eigenvalue weighted by molar-refractivity contribution is 5.95. The number of carboxylic acid groups (broad SMARTS) is 1. The lowest BCUT2D eigenvalue weighted by Crippen LogP contribution is -2.36. The van der Waals surface area contributed by atoms with Gasteiger partial charge in [-0.05, 0) is 47.9 Å². The minimum Gasteiger partial charge on any atom is -0.490 e. The summed E-state index contributed by atoms with van der Waals surface area (Å²) in [6.07, 6.45) is 1.53. The van der Waals surface area contributed by atoms with Gasteiger partial charge >= 0.3 is 5.97 Å². The normalized spacial score (nSPS) is 15.8. The fourth-order valence-electron chi connectivity index (χ4n) is 3.34. The first-order valence-electron chi connectivity index (χ1n) is 8.66. The van der Waals surface area contributed by atoms with Gasteiger partial charge in [0.1, 0.15) is 0 Å². The van der Waals surface area contributed by atoms with Gasteiger partial charge in [-0.3, -0.25) is 4.79 Å². The first kappa shape index (κ1) is 16.4. The topological polar surface area (TPSA) is 76.1 Å². The SMILES string of the molecule is O=C(O)c1ccc2c(c1)CN(C(=O)c1ccc3c(c1)OCCCO3)CC2. The van der Waals surface area contributed by atoms with Gasteiger partial charge in [-0.1, -0.05) is 6.07 Å². The fraction of sp³-hybridized carbons (Fsp3) is 0.300. The summed E-state index contributed by atoms with van der Waals surface area (Å²) >= 11 is 0. The number of aromatic carboxylic acids is 1. The van der Waals surface area contributed by atoms with E-state index in [1.165, 1.54) is 0 Å². The zero-order chi connectivity index (χ0) is 18.1. The van der Waals surface area contributed by atoms with Crippen LogP contribution in [0.4, 0.5) is 0 Å². The van der Waals surface area contributed by atoms with Crippen molar-refractivity contribution in [1.29, 1.82) is 0 Å². The van der Waals surface area contributed by atoms with Crippen LogP contribution in [0.25, 0.3) is 0 Å². The monoisotopic (exact) mass is 353 g/mol. The second-order valence-electron chi connectivity index (χ2n) is 6.48. The average molecular weight is 353 g/mol. The van der Waals surface area contributed by atoms with E-state index >= 15 is 0 Å². The van der Waals surface area contributed by atoms with E-state index in [2.05, 4.69) is 0 Å². The number of fused-ring (bicyclic) bond motifs is 2. The van der Waals surface area contributed by atoms with Crippen LogP contribution in [0.15, 0.2) is 36.4 Å². The van der Waals surface area contributed by atoms with Gasteiger partial charge in [-0.15, -0.1) is 0 Å². The molecule has 6 heteroatoms. The Labute approximate surface area is 151 Å². The summed E-state index contributed by atoms with van der Waals surface area (Å²) in [5.74, 6) is 0.208. The zero-order valence-electron chi connectivity index (χ0n) is 14.2. The number of benzene rings is 2. The summed E-state index contributed by atoms with van der Waals surface area (Å²) in [6.45, 7) is 2.19. The van der Waals surface area contributed by atoms with E-state index in [0.717, 1.165) is 17.5 Å². The maximum Gasteiger partial charge on any atom is 0.335 e. The van der Waals surface area contributed by atoms with Crippen LogP contribution < -0.4 is 9.47 Å². The predicted octanol–water partition coefficient (Wildman–Crippen LogP) is 2.74. The molecule has 0 atom stereocenters. The fourth-order valence-corrected chi connectivity index (χ4v) is 3.34. The maximum atomic E-state index is 12.9. The third-order valence-electron chi connectivity index (χ3n) is 4.75. The van der Waals surface area contributed by atoms with Crippen molar-refractivity contribution in [3.8, 4) is 11.5 Å². The first-order valence-corrected chi connectivity index (χ1v) is 8.66. The summed E-state index contributed by atoms with van der Waals surface area (Å²) in [5, 5.41) is 9.17. The Morgan fingerprint density at radius 3 is 2.50 bits per heavy atom. The molecule has 2 aromatic rings. The molecule has 2 aliphatic rings. The quantitative estimate of drug-likeness (QED) is 0.898. The minimum atomic E-state index is -0.959. The third-order valence-corrected chi connectivity index (χ3v) is 4.75. The maximum absolute atomic E-state index is 12.9. The lowest BCUT2D eigenvalue weighted by atomic mass is 9.97. The van der Waals surface area contributed by atoms with Crippen molar-refractivity contribution in [3.05, 3.63) is 58.7 Å². The van der Waals surface area contributed by atoms with Gasteiger partial charge in [0, 0.05) is 25.1 Å². The Bertz CT molecular complexity index is 877. The van der Waals surface area contributed by atoms with Crippen molar-refractivity contribution in [3.63, 3.8) is 0 Å². The van der Waals surface area contributed by atoms with Gasteiger partial charge in [0.2, 0.25) is 0 Å². The molecule has 0 aliphatic carbocycles. The summed E-state index contributed by atoms with van der Waals surface area (Å²) in [5.41, 5.74) is 2.78. The zero-order valence-corrected chi connectivity index (χ0v) is 14.2. The van der Waals surface area contributed by atoms with Crippen LogP contribution in [-0.4, -0.2) is 41.6 Å². The molecule has 0 saturated heterocycles. The molecule has 0 fully saturated rings. The summed E-state index contributed by atoms with van der Waals surface area (Å²) in [6, 6.07) is 10.4. The molecule has 2 aromatic carbocycles. The molecular weight excluding hydrogens is 334 g/mol. The van der Waals surface area contributed by atoms with E-state index in [9.17, 15) is 9.59 Å². The van der Waals surface area contributed by atoms with Gasteiger partial charge in [0.25, 0.3) is 5.91 Å². The molecule has 2 aliphatic heterocycles. The van der Waals surface area contributed by atoms with Gasteiger partial charge in [-0.2, -0.15) is 0 Å². The van der Waals surface area contributed by atoms with Crippen molar-refractivity contribution in [2.45, 2.75) is 19.4 Å². The Kier molecular flexibility index (Phi) is 4.24. The smallest absolute Gasteiger partial charge is 0.335 e. The average Bonchev–Trinajstić information content (AvgIpc) is 2.91. The molecule has 2 heterocycles. The highest BCUT2D eigenvalue weighted by atomic mass is 16.5. The van der Waals surface area contributed by atoms with Crippen LogP contribution >= 0.6 is 0 Å². The number of ether oxygens (including phenoxy) is 2. The number of amides is 1. The van der Waals surface area contributed by atoms with Crippen molar-refractivity contribution in [2.75, 3.05) is 19.8 Å². The molecule has 4 rings (SSSR count). The largest absolute Gasteiger partial charge is 0.490 e. The lowest BCUT2D eigenvalue weighted by Gasteiger charge is -2.29. The molecule has 6 nitrogen and oxygen atoms in total. The van der Waals surface area contributed by atoms with Crippen molar-refractivity contribution in [1.82, 2.24) is 4.90 Å². The van der Waals surface area contributed by atoms with E-state index in [1.54, 1.807) is 35.2 Å². The van der Waals surface area contributed by atoms with Crippen LogP contribution in [0.5, 0.6) is 11.5 Å². The Hall–Kier alpha value is -3.02. The van der Waals surface area contributed by atoms with Crippen LogP contribution in [0.2, 0.25) is 0 Å². The second kappa shape index (κ2) is 6.71. The number of carboxylic acids is 1. The van der Waals surface area contributed by atoms with E-state index < -0.39 is 5.97 Å². The van der Waals surface area contributed by atoms with E-state index in [1.807, 2.05) is 6.07 Å². The molecule has 26 heavy (non-hydrogen) atoms. The van der Waals surface area contributed by atoms with Crippen molar-refractivity contribution >= 4 is 11.9 Å². The number of carbonyl (C=O) groups is 2. The van der Waals surface area contributed by atoms with Crippen LogP contribution in [0, 0.1) is 0 Å².